The second kappa shape index (κ2) is 4.81. The van der Waals surface area contributed by atoms with Crippen molar-refractivity contribution in [2.45, 2.75) is 0 Å². The molecule has 0 saturated heterocycles. The lowest BCUT2D eigenvalue weighted by Crippen LogP contribution is -2.08. The van der Waals surface area contributed by atoms with Gasteiger partial charge >= 0.3 is 5.97 Å². The Morgan fingerprint density at radius 1 is 1.10 bits per heavy atom. The van der Waals surface area contributed by atoms with E-state index < -0.39 is 5.97 Å². The van der Waals surface area contributed by atoms with Crippen LogP contribution in [0.1, 0.15) is 10.5 Å². The summed E-state index contributed by atoms with van der Waals surface area (Å²) in [5.41, 5.74) is 2.01. The lowest BCUT2D eigenvalue weighted by atomic mass is 10.2. The van der Waals surface area contributed by atoms with Crippen molar-refractivity contribution in [1.82, 2.24) is 4.57 Å². The largest absolute Gasteiger partial charge is 0.464 e. The summed E-state index contributed by atoms with van der Waals surface area (Å²) in [7, 11) is 1.34. The van der Waals surface area contributed by atoms with Crippen molar-refractivity contribution < 1.29 is 13.9 Å². The molecule has 0 atom stereocenters. The predicted molar refractivity (Wildman–Crippen MR) is 74.6 cm³/mol. The molecule has 20 heavy (non-hydrogen) atoms. The molecule has 1 heterocycles. The van der Waals surface area contributed by atoms with Crippen LogP contribution in [0.5, 0.6) is 0 Å². The van der Waals surface area contributed by atoms with Crippen molar-refractivity contribution in [3.8, 4) is 5.69 Å². The zero-order valence-electron chi connectivity index (χ0n) is 10.8. The van der Waals surface area contributed by atoms with Gasteiger partial charge in [0, 0.05) is 11.1 Å². The molecule has 0 spiro atoms. The summed E-state index contributed by atoms with van der Waals surface area (Å²) in [6.07, 6.45) is 0. The van der Waals surface area contributed by atoms with Crippen LogP contribution >= 0.6 is 0 Å². The third-order valence-corrected chi connectivity index (χ3v) is 3.19. The second-order valence-electron chi connectivity index (χ2n) is 4.39. The molecule has 0 radical (unpaired) electrons. The molecule has 0 aliphatic rings. The number of esters is 1. The Balaban J connectivity index is 2.31. The zero-order chi connectivity index (χ0) is 14.1. The minimum absolute atomic E-state index is 0.315. The van der Waals surface area contributed by atoms with Crippen LogP contribution in [0.3, 0.4) is 0 Å². The van der Waals surface area contributed by atoms with Crippen LogP contribution in [0.25, 0.3) is 16.6 Å². The number of ether oxygens (including phenoxy) is 1. The van der Waals surface area contributed by atoms with E-state index in [1.165, 1.54) is 19.2 Å². The molecule has 1 aromatic heterocycles. The van der Waals surface area contributed by atoms with Crippen LogP contribution in [-0.4, -0.2) is 17.6 Å². The first-order chi connectivity index (χ1) is 9.70. The summed E-state index contributed by atoms with van der Waals surface area (Å²) >= 11 is 0. The van der Waals surface area contributed by atoms with Gasteiger partial charge in [-0.05, 0) is 36.4 Å². The van der Waals surface area contributed by atoms with Gasteiger partial charge in [0.05, 0.1) is 12.6 Å². The van der Waals surface area contributed by atoms with Gasteiger partial charge in [-0.2, -0.15) is 0 Å². The maximum absolute atomic E-state index is 13.1. The van der Waals surface area contributed by atoms with E-state index in [0.717, 1.165) is 10.9 Å². The molecule has 3 rings (SSSR count). The van der Waals surface area contributed by atoms with Crippen molar-refractivity contribution in [3.05, 3.63) is 66.1 Å². The first kappa shape index (κ1) is 12.4. The smallest absolute Gasteiger partial charge is 0.355 e. The molecule has 0 saturated carbocycles. The Bertz CT molecular complexity index is 775. The maximum atomic E-state index is 13.1. The third kappa shape index (κ3) is 1.95. The monoisotopic (exact) mass is 269 g/mol. The van der Waals surface area contributed by atoms with E-state index in [1.54, 1.807) is 22.8 Å². The van der Waals surface area contributed by atoms with Crippen LogP contribution in [-0.2, 0) is 4.74 Å². The van der Waals surface area contributed by atoms with Gasteiger partial charge in [0.15, 0.2) is 0 Å². The number of carbonyl (C=O) groups excluding carboxylic acids is 1. The molecule has 100 valence electrons. The van der Waals surface area contributed by atoms with Crippen LogP contribution in [0.4, 0.5) is 4.39 Å². The van der Waals surface area contributed by atoms with Gasteiger partial charge in [-0.25, -0.2) is 9.18 Å². The molecule has 4 heteroatoms. The molecule has 2 aromatic carbocycles. The van der Waals surface area contributed by atoms with E-state index in [1.807, 2.05) is 24.3 Å². The summed E-state index contributed by atoms with van der Waals surface area (Å²) in [6.45, 7) is 0. The number of methoxy groups -OCH3 is 1. The summed E-state index contributed by atoms with van der Waals surface area (Å²) in [6, 6.07) is 15.4. The average molecular weight is 269 g/mol. The topological polar surface area (TPSA) is 31.2 Å². The van der Waals surface area contributed by atoms with Gasteiger partial charge in [-0.15, -0.1) is 0 Å². The Kier molecular flexibility index (Phi) is 2.99. The lowest BCUT2D eigenvalue weighted by molar-refractivity contribution is 0.0592. The van der Waals surface area contributed by atoms with Crippen molar-refractivity contribution >= 4 is 16.9 Å². The first-order valence-corrected chi connectivity index (χ1v) is 6.15. The quantitative estimate of drug-likeness (QED) is 0.666. The number of para-hydroxylation sites is 1. The number of carbonyl (C=O) groups is 1. The summed E-state index contributed by atoms with van der Waals surface area (Å²) in [5.74, 6) is -0.740. The van der Waals surface area contributed by atoms with E-state index in [0.29, 0.717) is 11.4 Å². The van der Waals surface area contributed by atoms with Crippen LogP contribution in [0.15, 0.2) is 54.6 Å². The van der Waals surface area contributed by atoms with Crippen LogP contribution in [0.2, 0.25) is 0 Å². The first-order valence-electron chi connectivity index (χ1n) is 6.15. The van der Waals surface area contributed by atoms with Gasteiger partial charge in [-0.1, -0.05) is 18.2 Å². The van der Waals surface area contributed by atoms with E-state index in [4.69, 9.17) is 4.74 Å². The van der Waals surface area contributed by atoms with Crippen molar-refractivity contribution in [3.63, 3.8) is 0 Å². The highest BCUT2D eigenvalue weighted by molar-refractivity contribution is 5.97. The van der Waals surface area contributed by atoms with E-state index in [-0.39, 0.29) is 5.82 Å². The molecule has 3 aromatic rings. The van der Waals surface area contributed by atoms with Crippen molar-refractivity contribution in [2.24, 2.45) is 0 Å². The van der Waals surface area contributed by atoms with Crippen molar-refractivity contribution in [1.29, 1.82) is 0 Å². The van der Waals surface area contributed by atoms with E-state index in [2.05, 4.69) is 0 Å². The Morgan fingerprint density at radius 3 is 2.50 bits per heavy atom. The minimum atomic E-state index is -0.425. The van der Waals surface area contributed by atoms with E-state index in [9.17, 15) is 9.18 Å². The summed E-state index contributed by atoms with van der Waals surface area (Å²) < 4.78 is 19.6. The lowest BCUT2D eigenvalue weighted by Gasteiger charge is -2.09. The number of hydrogen-bond donors (Lipinski definition) is 0. The number of aromatic nitrogens is 1. The van der Waals surface area contributed by atoms with Gasteiger partial charge < -0.3 is 9.30 Å². The summed E-state index contributed by atoms with van der Waals surface area (Å²) in [4.78, 5) is 11.9. The second-order valence-corrected chi connectivity index (χ2v) is 4.39. The fourth-order valence-corrected chi connectivity index (χ4v) is 2.28. The fourth-order valence-electron chi connectivity index (χ4n) is 2.28. The van der Waals surface area contributed by atoms with E-state index >= 15 is 0 Å². The predicted octanol–water partition coefficient (Wildman–Crippen LogP) is 3.56. The maximum Gasteiger partial charge on any atom is 0.355 e. The SMILES string of the molecule is COC(=O)c1cc2ccccc2n1-c1ccc(F)cc1. The fraction of sp³-hybridized carbons (Fsp3) is 0.0625. The highest BCUT2D eigenvalue weighted by atomic mass is 19.1. The highest BCUT2D eigenvalue weighted by Gasteiger charge is 2.16. The molecule has 0 unspecified atom stereocenters. The number of rotatable bonds is 2. The zero-order valence-corrected chi connectivity index (χ0v) is 10.8. The normalized spacial score (nSPS) is 10.7. The van der Waals surface area contributed by atoms with Gasteiger partial charge in [0.25, 0.3) is 0 Å². The average Bonchev–Trinajstić information content (AvgIpc) is 2.87. The minimum Gasteiger partial charge on any atom is -0.464 e. The van der Waals surface area contributed by atoms with Gasteiger partial charge in [0.2, 0.25) is 0 Å². The van der Waals surface area contributed by atoms with Gasteiger partial charge in [-0.3, -0.25) is 0 Å². The van der Waals surface area contributed by atoms with Crippen molar-refractivity contribution in [2.75, 3.05) is 7.11 Å². The number of fused-ring (bicyclic) bond motifs is 1. The van der Waals surface area contributed by atoms with Crippen LogP contribution in [0, 0.1) is 5.82 Å². The molecule has 0 aliphatic heterocycles. The van der Waals surface area contributed by atoms with Gasteiger partial charge in [0.1, 0.15) is 11.5 Å². The molecule has 0 bridgehead atoms. The molecule has 3 nitrogen and oxygen atoms in total. The standard InChI is InChI=1S/C16H12FNO2/c1-20-16(19)15-10-11-4-2-3-5-14(11)18(15)13-8-6-12(17)7-9-13/h2-10H,1H3. The molecule has 0 amide bonds. The number of nitrogens with zero attached hydrogens (tertiary/aromatic N) is 1. The molecular weight excluding hydrogens is 257 g/mol. The highest BCUT2D eigenvalue weighted by Crippen LogP contribution is 2.25. The number of benzene rings is 2. The Hall–Kier alpha value is -2.62. The molecule has 0 fully saturated rings. The summed E-state index contributed by atoms with van der Waals surface area (Å²) in [5, 5.41) is 0.928. The van der Waals surface area contributed by atoms with Crippen LogP contribution < -0.4 is 0 Å². The Morgan fingerprint density at radius 2 is 1.80 bits per heavy atom. The molecule has 0 aliphatic carbocycles. The number of halogens is 1. The molecular formula is C16H12FNO2. The number of hydrogen-bond acceptors (Lipinski definition) is 2. The third-order valence-electron chi connectivity index (χ3n) is 3.19. The molecule has 0 N–H and O–H groups in total. The Labute approximate surface area is 115 Å².